The van der Waals surface area contributed by atoms with Crippen molar-refractivity contribution in [3.8, 4) is 5.75 Å². The molecule has 0 amide bonds. The molecule has 2 aromatic carbocycles. The lowest BCUT2D eigenvalue weighted by Gasteiger charge is -2.18. The van der Waals surface area contributed by atoms with Crippen LogP contribution in [0.15, 0.2) is 54.6 Å². The fourth-order valence-corrected chi connectivity index (χ4v) is 2.40. The van der Waals surface area contributed by atoms with Gasteiger partial charge in [-0.15, -0.1) is 0 Å². The van der Waals surface area contributed by atoms with Crippen molar-refractivity contribution in [2.75, 3.05) is 13.2 Å². The van der Waals surface area contributed by atoms with E-state index < -0.39 is 6.10 Å². The number of carbonyl (C=O) groups is 1. The lowest BCUT2D eigenvalue weighted by atomic mass is 10.1. The van der Waals surface area contributed by atoms with Gasteiger partial charge in [0.25, 0.3) is 0 Å². The molecular weight excluding hydrogens is 304 g/mol. The number of benzene rings is 2. The standard InChI is InChI=1S/C20H24O4/c1-3-22-19(20(21)23-4-2)14-17-12-8-9-13-18(17)24-15-16-10-6-5-7-11-16/h5-13,19H,3-4,14-15H2,1-2H3/t19-/m0/s1. The molecule has 0 aromatic heterocycles. The van der Waals surface area contributed by atoms with E-state index in [0.717, 1.165) is 16.9 Å². The predicted molar refractivity (Wildman–Crippen MR) is 93.0 cm³/mol. The van der Waals surface area contributed by atoms with Gasteiger partial charge in [-0.25, -0.2) is 4.79 Å². The van der Waals surface area contributed by atoms with Crippen molar-refractivity contribution in [2.24, 2.45) is 0 Å². The molecular formula is C20H24O4. The molecule has 0 radical (unpaired) electrons. The summed E-state index contributed by atoms with van der Waals surface area (Å²) >= 11 is 0. The second-order valence-electron chi connectivity index (χ2n) is 5.28. The summed E-state index contributed by atoms with van der Waals surface area (Å²) in [6.45, 7) is 4.93. The number of para-hydroxylation sites is 1. The van der Waals surface area contributed by atoms with Crippen molar-refractivity contribution in [1.82, 2.24) is 0 Å². The molecule has 0 fully saturated rings. The Hall–Kier alpha value is -2.33. The number of hydrogen-bond acceptors (Lipinski definition) is 4. The minimum Gasteiger partial charge on any atom is -0.489 e. The molecule has 0 heterocycles. The van der Waals surface area contributed by atoms with E-state index in [2.05, 4.69) is 0 Å². The Labute approximate surface area is 143 Å². The van der Waals surface area contributed by atoms with E-state index in [1.807, 2.05) is 61.5 Å². The third-order valence-electron chi connectivity index (χ3n) is 3.53. The topological polar surface area (TPSA) is 44.8 Å². The molecule has 0 aliphatic rings. The molecule has 0 aliphatic heterocycles. The SMILES string of the molecule is CCOC(=O)[C@H](Cc1ccccc1OCc1ccccc1)OCC. The van der Waals surface area contributed by atoms with Gasteiger partial charge in [-0.05, 0) is 31.0 Å². The van der Waals surface area contributed by atoms with Gasteiger partial charge in [-0.3, -0.25) is 0 Å². The van der Waals surface area contributed by atoms with Crippen molar-refractivity contribution >= 4 is 5.97 Å². The van der Waals surface area contributed by atoms with Gasteiger partial charge in [0.1, 0.15) is 12.4 Å². The Morgan fingerprint density at radius 2 is 1.67 bits per heavy atom. The molecule has 2 aromatic rings. The van der Waals surface area contributed by atoms with Crippen molar-refractivity contribution in [2.45, 2.75) is 33.0 Å². The van der Waals surface area contributed by atoms with Gasteiger partial charge in [-0.2, -0.15) is 0 Å². The summed E-state index contributed by atoms with van der Waals surface area (Å²) < 4.78 is 16.6. The lowest BCUT2D eigenvalue weighted by Crippen LogP contribution is -2.29. The average Bonchev–Trinajstić information content (AvgIpc) is 2.61. The van der Waals surface area contributed by atoms with Crippen LogP contribution in [0.25, 0.3) is 0 Å². The van der Waals surface area contributed by atoms with Crippen LogP contribution in [0.3, 0.4) is 0 Å². The molecule has 24 heavy (non-hydrogen) atoms. The number of rotatable bonds is 9. The van der Waals surface area contributed by atoms with Crippen LogP contribution < -0.4 is 4.74 Å². The third-order valence-corrected chi connectivity index (χ3v) is 3.53. The Balaban J connectivity index is 2.07. The highest BCUT2D eigenvalue weighted by atomic mass is 16.6. The molecule has 0 saturated carbocycles. The van der Waals surface area contributed by atoms with Gasteiger partial charge >= 0.3 is 5.97 Å². The first-order chi connectivity index (χ1) is 11.7. The largest absolute Gasteiger partial charge is 0.489 e. The lowest BCUT2D eigenvalue weighted by molar-refractivity contribution is -0.156. The van der Waals surface area contributed by atoms with Crippen molar-refractivity contribution in [1.29, 1.82) is 0 Å². The van der Waals surface area contributed by atoms with Crippen LogP contribution in [0.4, 0.5) is 0 Å². The molecule has 1 atom stereocenters. The van der Waals surface area contributed by atoms with Gasteiger partial charge in [0.2, 0.25) is 0 Å². The maximum absolute atomic E-state index is 12.0. The molecule has 0 unspecified atom stereocenters. The summed E-state index contributed by atoms with van der Waals surface area (Å²) in [6, 6.07) is 17.7. The van der Waals surface area contributed by atoms with E-state index in [-0.39, 0.29) is 5.97 Å². The van der Waals surface area contributed by atoms with Crippen LogP contribution >= 0.6 is 0 Å². The highest BCUT2D eigenvalue weighted by Gasteiger charge is 2.22. The summed E-state index contributed by atoms with van der Waals surface area (Å²) in [5, 5.41) is 0. The van der Waals surface area contributed by atoms with Crippen molar-refractivity contribution in [3.63, 3.8) is 0 Å². The highest BCUT2D eigenvalue weighted by molar-refractivity contribution is 5.75. The maximum Gasteiger partial charge on any atom is 0.335 e. The summed E-state index contributed by atoms with van der Waals surface area (Å²) in [4.78, 5) is 12.0. The molecule has 0 N–H and O–H groups in total. The maximum atomic E-state index is 12.0. The molecule has 4 heteroatoms. The first kappa shape index (κ1) is 18.0. The summed E-state index contributed by atoms with van der Waals surface area (Å²) in [5.74, 6) is 0.424. The van der Waals surface area contributed by atoms with Crippen LogP contribution in [0.1, 0.15) is 25.0 Å². The summed E-state index contributed by atoms with van der Waals surface area (Å²) in [5.41, 5.74) is 2.03. The summed E-state index contributed by atoms with van der Waals surface area (Å²) in [6.07, 6.45) is -0.186. The number of ether oxygens (including phenoxy) is 3. The molecule has 0 spiro atoms. The highest BCUT2D eigenvalue weighted by Crippen LogP contribution is 2.22. The van der Waals surface area contributed by atoms with Crippen LogP contribution in [0, 0.1) is 0 Å². The third kappa shape index (κ3) is 5.39. The first-order valence-corrected chi connectivity index (χ1v) is 8.27. The number of esters is 1. The summed E-state index contributed by atoms with van der Waals surface area (Å²) in [7, 11) is 0. The first-order valence-electron chi connectivity index (χ1n) is 8.27. The van der Waals surface area contributed by atoms with Crippen LogP contribution in [-0.4, -0.2) is 25.3 Å². The Morgan fingerprint density at radius 3 is 2.38 bits per heavy atom. The number of hydrogen-bond donors (Lipinski definition) is 0. The second-order valence-corrected chi connectivity index (χ2v) is 5.28. The molecule has 0 bridgehead atoms. The monoisotopic (exact) mass is 328 g/mol. The molecule has 2 rings (SSSR count). The average molecular weight is 328 g/mol. The van der Waals surface area contributed by atoms with Crippen LogP contribution in [-0.2, 0) is 27.3 Å². The quantitative estimate of drug-likeness (QED) is 0.657. The zero-order chi connectivity index (χ0) is 17.2. The van der Waals surface area contributed by atoms with E-state index in [0.29, 0.717) is 26.2 Å². The van der Waals surface area contributed by atoms with Gasteiger partial charge < -0.3 is 14.2 Å². The van der Waals surface area contributed by atoms with Crippen LogP contribution in [0.2, 0.25) is 0 Å². The van der Waals surface area contributed by atoms with Gasteiger partial charge in [0, 0.05) is 13.0 Å². The zero-order valence-electron chi connectivity index (χ0n) is 14.2. The Morgan fingerprint density at radius 1 is 0.958 bits per heavy atom. The zero-order valence-corrected chi connectivity index (χ0v) is 14.2. The second kappa shape index (κ2) is 9.73. The smallest absolute Gasteiger partial charge is 0.335 e. The normalized spacial score (nSPS) is 11.8. The molecule has 128 valence electrons. The van der Waals surface area contributed by atoms with Gasteiger partial charge in [-0.1, -0.05) is 48.5 Å². The predicted octanol–water partition coefficient (Wildman–Crippen LogP) is 3.78. The van der Waals surface area contributed by atoms with E-state index in [1.54, 1.807) is 6.92 Å². The Kier molecular flexibility index (Phi) is 7.30. The Bertz CT molecular complexity index is 625. The molecule has 0 aliphatic carbocycles. The van der Waals surface area contributed by atoms with Crippen LogP contribution in [0.5, 0.6) is 5.75 Å². The fraction of sp³-hybridized carbons (Fsp3) is 0.350. The fourth-order valence-electron chi connectivity index (χ4n) is 2.40. The minimum absolute atomic E-state index is 0.336. The molecule has 0 saturated heterocycles. The van der Waals surface area contributed by atoms with E-state index >= 15 is 0 Å². The minimum atomic E-state index is -0.614. The molecule has 4 nitrogen and oxygen atoms in total. The van der Waals surface area contributed by atoms with E-state index in [1.165, 1.54) is 0 Å². The van der Waals surface area contributed by atoms with Gasteiger partial charge in [0.15, 0.2) is 6.10 Å². The number of carbonyl (C=O) groups excluding carboxylic acids is 1. The van der Waals surface area contributed by atoms with Gasteiger partial charge in [0.05, 0.1) is 6.61 Å². The van der Waals surface area contributed by atoms with E-state index in [4.69, 9.17) is 14.2 Å². The van der Waals surface area contributed by atoms with E-state index in [9.17, 15) is 4.79 Å². The van der Waals surface area contributed by atoms with Crippen molar-refractivity contribution in [3.05, 3.63) is 65.7 Å². The van der Waals surface area contributed by atoms with Crippen molar-refractivity contribution < 1.29 is 19.0 Å².